The standard InChI is InChI=1S/C23H23N3OS2/c1-4-16-10-20(29-14-24)11-17(5-2)22(16)26-21(27)12-19-13-28-23(25-19)18-8-6-7-15(3)9-18/h6-11,13H,4-5,12H2,1-3H3,(H,26,27). The highest BCUT2D eigenvalue weighted by Crippen LogP contribution is 2.30. The van der Waals surface area contributed by atoms with Crippen LogP contribution in [-0.4, -0.2) is 10.9 Å². The second-order valence-electron chi connectivity index (χ2n) is 6.76. The minimum atomic E-state index is -0.0730. The number of nitrogens with zero attached hydrogens (tertiary/aromatic N) is 2. The molecule has 2 aromatic carbocycles. The summed E-state index contributed by atoms with van der Waals surface area (Å²) in [6.07, 6.45) is 1.82. The molecule has 0 unspecified atom stereocenters. The molecule has 0 saturated carbocycles. The Bertz CT molecular complexity index is 1040. The van der Waals surface area contributed by atoms with Gasteiger partial charge in [-0.1, -0.05) is 37.6 Å². The molecule has 0 spiro atoms. The Hall–Kier alpha value is -2.62. The van der Waals surface area contributed by atoms with Gasteiger partial charge in [0, 0.05) is 21.5 Å². The number of rotatable bonds is 7. The molecule has 1 amide bonds. The molecule has 0 fully saturated rings. The summed E-state index contributed by atoms with van der Waals surface area (Å²) >= 11 is 2.71. The number of anilines is 1. The number of nitrogens with one attached hydrogen (secondary N) is 1. The molecular formula is C23H23N3OS2. The number of carbonyl (C=O) groups is 1. The van der Waals surface area contributed by atoms with Gasteiger partial charge in [0.2, 0.25) is 5.91 Å². The van der Waals surface area contributed by atoms with E-state index in [4.69, 9.17) is 5.26 Å². The van der Waals surface area contributed by atoms with Crippen LogP contribution in [0.4, 0.5) is 5.69 Å². The first kappa shape index (κ1) is 21.1. The van der Waals surface area contributed by atoms with E-state index >= 15 is 0 Å². The van der Waals surface area contributed by atoms with Crippen LogP contribution in [0, 0.1) is 17.6 Å². The van der Waals surface area contributed by atoms with E-state index in [0.29, 0.717) is 0 Å². The number of thiocyanates is 1. The highest BCUT2D eigenvalue weighted by atomic mass is 32.2. The van der Waals surface area contributed by atoms with Gasteiger partial charge < -0.3 is 5.32 Å². The molecule has 0 atom stereocenters. The first-order chi connectivity index (χ1) is 14.0. The topological polar surface area (TPSA) is 65.8 Å². The maximum absolute atomic E-state index is 12.7. The van der Waals surface area contributed by atoms with E-state index in [1.165, 1.54) is 5.56 Å². The summed E-state index contributed by atoms with van der Waals surface area (Å²) in [7, 11) is 0. The summed E-state index contributed by atoms with van der Waals surface area (Å²) < 4.78 is 0. The lowest BCUT2D eigenvalue weighted by atomic mass is 10.0. The molecule has 1 aromatic heterocycles. The van der Waals surface area contributed by atoms with Crippen LogP contribution in [0.2, 0.25) is 0 Å². The Balaban J connectivity index is 1.77. The van der Waals surface area contributed by atoms with Crippen molar-refractivity contribution >= 4 is 34.7 Å². The highest BCUT2D eigenvalue weighted by molar-refractivity contribution is 8.03. The minimum absolute atomic E-state index is 0.0730. The Kier molecular flexibility index (Phi) is 7.08. The van der Waals surface area contributed by atoms with Crippen LogP contribution in [0.1, 0.15) is 36.2 Å². The number of nitriles is 1. The minimum Gasteiger partial charge on any atom is -0.325 e. The van der Waals surface area contributed by atoms with Gasteiger partial charge in [0.1, 0.15) is 10.4 Å². The van der Waals surface area contributed by atoms with Gasteiger partial charge in [-0.05, 0) is 60.9 Å². The van der Waals surface area contributed by atoms with Crippen LogP contribution in [-0.2, 0) is 24.1 Å². The summed E-state index contributed by atoms with van der Waals surface area (Å²) in [6.45, 7) is 6.17. The fourth-order valence-electron chi connectivity index (χ4n) is 3.21. The fourth-order valence-corrected chi connectivity index (χ4v) is 4.54. The fraction of sp³-hybridized carbons (Fsp3) is 0.261. The molecule has 4 nitrogen and oxygen atoms in total. The number of amides is 1. The molecule has 0 aliphatic rings. The zero-order chi connectivity index (χ0) is 20.8. The van der Waals surface area contributed by atoms with Gasteiger partial charge >= 0.3 is 0 Å². The lowest BCUT2D eigenvalue weighted by molar-refractivity contribution is -0.115. The Morgan fingerprint density at radius 2 is 1.93 bits per heavy atom. The lowest BCUT2D eigenvalue weighted by Gasteiger charge is -2.15. The maximum atomic E-state index is 12.7. The molecule has 0 bridgehead atoms. The van der Waals surface area contributed by atoms with Crippen molar-refractivity contribution in [3.63, 3.8) is 0 Å². The number of hydrogen-bond donors (Lipinski definition) is 1. The van der Waals surface area contributed by atoms with Crippen molar-refractivity contribution in [2.75, 3.05) is 5.32 Å². The molecule has 0 aliphatic carbocycles. The van der Waals surface area contributed by atoms with Crippen molar-refractivity contribution in [1.82, 2.24) is 4.98 Å². The largest absolute Gasteiger partial charge is 0.325 e. The average molecular weight is 422 g/mol. The Labute approximate surface area is 180 Å². The van der Waals surface area contributed by atoms with Crippen LogP contribution in [0.15, 0.2) is 46.7 Å². The van der Waals surface area contributed by atoms with E-state index in [1.54, 1.807) is 11.3 Å². The number of benzene rings is 2. The van der Waals surface area contributed by atoms with Crippen molar-refractivity contribution < 1.29 is 4.79 Å². The van der Waals surface area contributed by atoms with Crippen molar-refractivity contribution in [1.29, 1.82) is 5.26 Å². The molecule has 0 aliphatic heterocycles. The number of hydrogen-bond acceptors (Lipinski definition) is 5. The molecule has 0 radical (unpaired) electrons. The molecular weight excluding hydrogens is 398 g/mol. The second kappa shape index (κ2) is 9.73. The van der Waals surface area contributed by atoms with Crippen LogP contribution >= 0.6 is 23.1 Å². The quantitative estimate of drug-likeness (QED) is 0.375. The summed E-state index contributed by atoms with van der Waals surface area (Å²) in [6, 6.07) is 12.2. The van der Waals surface area contributed by atoms with E-state index in [9.17, 15) is 4.79 Å². The first-order valence-corrected chi connectivity index (χ1v) is 11.3. The molecule has 3 rings (SSSR count). The first-order valence-electron chi connectivity index (χ1n) is 9.57. The average Bonchev–Trinajstić information content (AvgIpc) is 3.17. The maximum Gasteiger partial charge on any atom is 0.230 e. The van der Waals surface area contributed by atoms with Gasteiger partial charge in [-0.2, -0.15) is 5.26 Å². The van der Waals surface area contributed by atoms with E-state index in [-0.39, 0.29) is 12.3 Å². The third-order valence-corrected chi connectivity index (χ3v) is 6.13. The van der Waals surface area contributed by atoms with Crippen LogP contribution in [0.25, 0.3) is 10.6 Å². The van der Waals surface area contributed by atoms with Crippen molar-refractivity contribution in [2.45, 2.75) is 44.9 Å². The molecule has 3 aromatic rings. The van der Waals surface area contributed by atoms with Gasteiger partial charge in [-0.15, -0.1) is 11.3 Å². The third-order valence-electron chi connectivity index (χ3n) is 4.62. The number of aryl methyl sites for hydroxylation is 3. The smallest absolute Gasteiger partial charge is 0.230 e. The number of thiazole rings is 1. The molecule has 0 saturated heterocycles. The molecule has 148 valence electrons. The van der Waals surface area contributed by atoms with E-state index < -0.39 is 0 Å². The van der Waals surface area contributed by atoms with E-state index in [1.807, 2.05) is 29.6 Å². The van der Waals surface area contributed by atoms with Gasteiger partial charge in [-0.25, -0.2) is 4.98 Å². The molecule has 1 N–H and O–H groups in total. The molecule has 29 heavy (non-hydrogen) atoms. The number of aromatic nitrogens is 1. The lowest BCUT2D eigenvalue weighted by Crippen LogP contribution is -2.17. The summed E-state index contributed by atoms with van der Waals surface area (Å²) in [4.78, 5) is 18.3. The van der Waals surface area contributed by atoms with E-state index in [0.717, 1.165) is 62.6 Å². The normalized spacial score (nSPS) is 10.6. The van der Waals surface area contributed by atoms with Crippen molar-refractivity contribution in [3.8, 4) is 16.0 Å². The SMILES string of the molecule is CCc1cc(SC#N)cc(CC)c1NC(=O)Cc1csc(-c2cccc(C)c2)n1. The summed E-state index contributed by atoms with van der Waals surface area (Å²) in [5.74, 6) is -0.0730. The molecule has 1 heterocycles. The summed E-state index contributed by atoms with van der Waals surface area (Å²) in [5.41, 5.74) is 6.01. The van der Waals surface area contributed by atoms with Crippen LogP contribution in [0.3, 0.4) is 0 Å². The molecule has 6 heteroatoms. The van der Waals surface area contributed by atoms with Crippen molar-refractivity contribution in [3.05, 3.63) is 64.2 Å². The van der Waals surface area contributed by atoms with Gasteiger partial charge in [0.05, 0.1) is 12.1 Å². The van der Waals surface area contributed by atoms with Gasteiger partial charge in [-0.3, -0.25) is 4.79 Å². The van der Waals surface area contributed by atoms with Gasteiger partial charge in [0.15, 0.2) is 0 Å². The number of carbonyl (C=O) groups excluding carboxylic acids is 1. The predicted octanol–water partition coefficient (Wildman–Crippen LogP) is 6.00. The van der Waals surface area contributed by atoms with Crippen LogP contribution in [0.5, 0.6) is 0 Å². The van der Waals surface area contributed by atoms with Crippen LogP contribution < -0.4 is 5.32 Å². The zero-order valence-electron chi connectivity index (χ0n) is 16.8. The van der Waals surface area contributed by atoms with Gasteiger partial charge in [0.25, 0.3) is 0 Å². The second-order valence-corrected chi connectivity index (χ2v) is 8.47. The highest BCUT2D eigenvalue weighted by Gasteiger charge is 2.14. The zero-order valence-corrected chi connectivity index (χ0v) is 18.4. The monoisotopic (exact) mass is 421 g/mol. The third kappa shape index (κ3) is 5.26. The van der Waals surface area contributed by atoms with Crippen molar-refractivity contribution in [2.24, 2.45) is 0 Å². The van der Waals surface area contributed by atoms with E-state index in [2.05, 4.69) is 48.6 Å². The predicted molar refractivity (Wildman–Crippen MR) is 121 cm³/mol. The Morgan fingerprint density at radius 3 is 2.55 bits per heavy atom. The summed E-state index contributed by atoms with van der Waals surface area (Å²) in [5, 5.41) is 17.1. The number of thioether (sulfide) groups is 1. The Morgan fingerprint density at radius 1 is 1.21 bits per heavy atom.